The van der Waals surface area contributed by atoms with E-state index in [-0.39, 0.29) is 10.5 Å². The Kier molecular flexibility index (Phi) is 5.28. The van der Waals surface area contributed by atoms with E-state index >= 15 is 0 Å². The number of aromatic amines is 1. The van der Waals surface area contributed by atoms with Crippen LogP contribution in [-0.4, -0.2) is 27.6 Å². The van der Waals surface area contributed by atoms with Gasteiger partial charge in [-0.3, -0.25) is 4.79 Å². The second-order valence-corrected chi connectivity index (χ2v) is 7.92. The van der Waals surface area contributed by atoms with Crippen molar-refractivity contribution >= 4 is 29.5 Å². The largest absolute Gasteiger partial charge is 0.481 e. The lowest BCUT2D eigenvalue weighted by Crippen LogP contribution is -2.15. The molecule has 1 aliphatic heterocycles. The number of carboxylic acids is 1. The summed E-state index contributed by atoms with van der Waals surface area (Å²) in [5.41, 5.74) is 2.01. The van der Waals surface area contributed by atoms with E-state index in [9.17, 15) is 4.79 Å². The van der Waals surface area contributed by atoms with E-state index in [1.54, 1.807) is 0 Å². The van der Waals surface area contributed by atoms with Gasteiger partial charge in [0.2, 0.25) is 0 Å². The monoisotopic (exact) mass is 299 g/mol. The van der Waals surface area contributed by atoms with Gasteiger partial charge in [-0.05, 0) is 18.6 Å². The van der Waals surface area contributed by atoms with Crippen molar-refractivity contribution in [3.63, 3.8) is 0 Å². The standard InChI is InChI=1S/C14H21NO2S2/c1-2-3-4-7-14(18-8-9-19-14)12-6-5-11(15-12)10-13(16)17/h5-6,15H,2-4,7-10H2,1H3,(H,16,17). The minimum Gasteiger partial charge on any atom is -0.481 e. The Morgan fingerprint density at radius 1 is 1.37 bits per heavy atom. The Morgan fingerprint density at radius 3 is 2.74 bits per heavy atom. The van der Waals surface area contributed by atoms with Crippen LogP contribution >= 0.6 is 23.5 Å². The lowest BCUT2D eigenvalue weighted by Gasteiger charge is -2.26. The van der Waals surface area contributed by atoms with Crippen molar-refractivity contribution in [3.8, 4) is 0 Å². The summed E-state index contributed by atoms with van der Waals surface area (Å²) in [5, 5.41) is 8.85. The van der Waals surface area contributed by atoms with E-state index in [1.165, 1.54) is 42.9 Å². The molecule has 1 aromatic heterocycles. The van der Waals surface area contributed by atoms with Gasteiger partial charge in [-0.2, -0.15) is 0 Å². The van der Waals surface area contributed by atoms with Crippen LogP contribution in [0, 0.1) is 0 Å². The lowest BCUT2D eigenvalue weighted by molar-refractivity contribution is -0.136. The molecule has 1 fully saturated rings. The van der Waals surface area contributed by atoms with Crippen LogP contribution in [0.1, 0.15) is 44.0 Å². The number of aromatic nitrogens is 1. The Balaban J connectivity index is 2.09. The zero-order valence-corrected chi connectivity index (χ0v) is 12.9. The summed E-state index contributed by atoms with van der Waals surface area (Å²) in [7, 11) is 0. The molecule has 19 heavy (non-hydrogen) atoms. The lowest BCUT2D eigenvalue weighted by atomic mass is 10.1. The number of unbranched alkanes of at least 4 members (excludes halogenated alkanes) is 2. The molecule has 3 nitrogen and oxygen atoms in total. The van der Waals surface area contributed by atoms with Crippen LogP contribution in [0.15, 0.2) is 12.1 Å². The molecule has 106 valence electrons. The highest BCUT2D eigenvalue weighted by Gasteiger charge is 2.38. The highest BCUT2D eigenvalue weighted by molar-refractivity contribution is 8.20. The average Bonchev–Trinajstić information content (AvgIpc) is 2.98. The fourth-order valence-corrected chi connectivity index (χ4v) is 5.71. The van der Waals surface area contributed by atoms with Crippen molar-refractivity contribution in [1.29, 1.82) is 0 Å². The first-order chi connectivity index (χ1) is 9.16. The second-order valence-electron chi connectivity index (χ2n) is 4.87. The van der Waals surface area contributed by atoms with E-state index in [1.807, 2.05) is 29.6 Å². The highest BCUT2D eigenvalue weighted by atomic mass is 32.2. The van der Waals surface area contributed by atoms with E-state index in [0.717, 1.165) is 5.69 Å². The van der Waals surface area contributed by atoms with Crippen LogP contribution in [0.5, 0.6) is 0 Å². The smallest absolute Gasteiger partial charge is 0.309 e. The molecule has 0 aliphatic carbocycles. The Bertz CT molecular complexity index is 425. The van der Waals surface area contributed by atoms with Gasteiger partial charge in [0, 0.05) is 22.9 Å². The number of H-pyrrole nitrogens is 1. The van der Waals surface area contributed by atoms with E-state index in [2.05, 4.69) is 18.0 Å². The van der Waals surface area contributed by atoms with Crippen LogP contribution < -0.4 is 0 Å². The van der Waals surface area contributed by atoms with Crippen molar-refractivity contribution in [2.45, 2.75) is 43.1 Å². The highest BCUT2D eigenvalue weighted by Crippen LogP contribution is 2.54. The third kappa shape index (κ3) is 3.72. The summed E-state index contributed by atoms with van der Waals surface area (Å²) in [6, 6.07) is 4.00. The summed E-state index contributed by atoms with van der Waals surface area (Å²) >= 11 is 4.02. The van der Waals surface area contributed by atoms with Crippen molar-refractivity contribution < 1.29 is 9.90 Å². The molecular weight excluding hydrogens is 278 g/mol. The maximum atomic E-state index is 10.8. The van der Waals surface area contributed by atoms with Crippen molar-refractivity contribution in [3.05, 3.63) is 23.5 Å². The zero-order valence-electron chi connectivity index (χ0n) is 11.3. The van der Waals surface area contributed by atoms with Crippen LogP contribution in [0.2, 0.25) is 0 Å². The van der Waals surface area contributed by atoms with Gasteiger partial charge in [0.25, 0.3) is 0 Å². The molecule has 1 aromatic rings. The quantitative estimate of drug-likeness (QED) is 0.751. The minimum absolute atomic E-state index is 0.0837. The number of carboxylic acid groups (broad SMARTS) is 1. The molecule has 0 unspecified atom stereocenters. The van der Waals surface area contributed by atoms with Gasteiger partial charge in [-0.1, -0.05) is 26.2 Å². The van der Waals surface area contributed by atoms with Crippen molar-refractivity contribution in [2.75, 3.05) is 11.5 Å². The molecule has 0 aromatic carbocycles. The SMILES string of the molecule is CCCCCC1(c2ccc(CC(=O)O)[nH]2)SCCS1. The summed E-state index contributed by atoms with van der Waals surface area (Å²) in [4.78, 5) is 14.1. The summed E-state index contributed by atoms with van der Waals surface area (Å²) < 4.78 is 0.131. The summed E-state index contributed by atoms with van der Waals surface area (Å²) in [6.45, 7) is 2.22. The first-order valence-corrected chi connectivity index (χ1v) is 8.81. The van der Waals surface area contributed by atoms with Gasteiger partial charge in [-0.25, -0.2) is 0 Å². The number of rotatable bonds is 7. The van der Waals surface area contributed by atoms with Crippen molar-refractivity contribution in [1.82, 2.24) is 4.98 Å². The first kappa shape index (κ1) is 14.9. The van der Waals surface area contributed by atoms with Gasteiger partial charge in [-0.15, -0.1) is 23.5 Å². The first-order valence-electron chi connectivity index (χ1n) is 6.84. The third-order valence-corrected chi connectivity index (χ3v) is 6.92. The van der Waals surface area contributed by atoms with Gasteiger partial charge in [0.05, 0.1) is 6.42 Å². The Hall–Kier alpha value is -0.550. The number of nitrogens with one attached hydrogen (secondary N) is 1. The predicted molar refractivity (Wildman–Crippen MR) is 82.9 cm³/mol. The molecule has 1 aliphatic rings. The number of aliphatic carboxylic acids is 1. The summed E-state index contributed by atoms with van der Waals surface area (Å²) in [6.07, 6.45) is 5.00. The Labute approximate surface area is 122 Å². The molecule has 5 heteroatoms. The topological polar surface area (TPSA) is 53.1 Å². The van der Waals surface area contributed by atoms with Gasteiger partial charge in [0.1, 0.15) is 4.08 Å². The predicted octanol–water partition coefficient (Wildman–Crippen LogP) is 3.85. The van der Waals surface area contributed by atoms with Crippen LogP contribution in [0.3, 0.4) is 0 Å². The maximum absolute atomic E-state index is 10.8. The number of hydrogen-bond acceptors (Lipinski definition) is 3. The molecule has 0 radical (unpaired) electrons. The van der Waals surface area contributed by atoms with E-state index in [4.69, 9.17) is 5.11 Å². The van der Waals surface area contributed by atoms with E-state index in [0.29, 0.717) is 0 Å². The molecule has 0 spiro atoms. The molecule has 1 saturated heterocycles. The van der Waals surface area contributed by atoms with Gasteiger partial charge in [0.15, 0.2) is 0 Å². The second kappa shape index (κ2) is 6.75. The fourth-order valence-electron chi connectivity index (χ4n) is 2.43. The van der Waals surface area contributed by atoms with Gasteiger partial charge >= 0.3 is 5.97 Å². The van der Waals surface area contributed by atoms with Gasteiger partial charge < -0.3 is 10.1 Å². The van der Waals surface area contributed by atoms with E-state index < -0.39 is 5.97 Å². The molecular formula is C14H21NO2S2. The normalized spacial score (nSPS) is 17.7. The number of thioether (sulfide) groups is 2. The third-order valence-electron chi connectivity index (χ3n) is 3.36. The molecule has 0 saturated carbocycles. The average molecular weight is 299 g/mol. The molecule has 2 heterocycles. The number of carbonyl (C=O) groups is 1. The molecule has 0 amide bonds. The molecule has 0 atom stereocenters. The number of hydrogen-bond donors (Lipinski definition) is 2. The maximum Gasteiger partial charge on any atom is 0.309 e. The molecule has 2 rings (SSSR count). The molecule has 2 N–H and O–H groups in total. The fraction of sp³-hybridized carbons (Fsp3) is 0.643. The van der Waals surface area contributed by atoms with Crippen LogP contribution in [0.4, 0.5) is 0 Å². The Morgan fingerprint density at radius 2 is 2.11 bits per heavy atom. The molecule has 0 bridgehead atoms. The van der Waals surface area contributed by atoms with Crippen LogP contribution in [-0.2, 0) is 15.3 Å². The summed E-state index contributed by atoms with van der Waals surface area (Å²) in [5.74, 6) is 1.59. The minimum atomic E-state index is -0.778. The van der Waals surface area contributed by atoms with Crippen molar-refractivity contribution in [2.24, 2.45) is 0 Å². The van der Waals surface area contributed by atoms with Crippen LogP contribution in [0.25, 0.3) is 0 Å². The zero-order chi connectivity index (χ0) is 13.7.